The molecule has 0 spiro atoms. The van der Waals surface area contributed by atoms with Crippen molar-refractivity contribution in [3.05, 3.63) is 47.5 Å². The van der Waals surface area contributed by atoms with Crippen LogP contribution in [0.2, 0.25) is 0 Å². The summed E-state index contributed by atoms with van der Waals surface area (Å²) in [6.07, 6.45) is 0.266. The number of hydrogen-bond donors (Lipinski definition) is 4. The molecule has 138 valence electrons. The fourth-order valence-corrected chi connectivity index (χ4v) is 4.21. The van der Waals surface area contributed by atoms with Crippen LogP contribution in [0.15, 0.2) is 41.3 Å². The summed E-state index contributed by atoms with van der Waals surface area (Å²) in [5, 5.41) is 19.3. The number of nitrogens with two attached hydrogens (primary N) is 1. The molecule has 0 saturated carbocycles. The third-order valence-electron chi connectivity index (χ3n) is 4.27. The zero-order valence-corrected chi connectivity index (χ0v) is 15.2. The highest BCUT2D eigenvalue weighted by atomic mass is 32.2. The Morgan fingerprint density at radius 1 is 1.31 bits per heavy atom. The Labute approximate surface area is 153 Å². The lowest BCUT2D eigenvalue weighted by Gasteiger charge is -2.14. The Bertz CT molecular complexity index is 917. The van der Waals surface area contributed by atoms with Gasteiger partial charge in [0.05, 0.1) is 17.6 Å². The molecule has 0 fully saturated rings. The van der Waals surface area contributed by atoms with Gasteiger partial charge in [-0.25, -0.2) is 8.42 Å². The largest absolute Gasteiger partial charge is 0.491 e. The zero-order chi connectivity index (χ0) is 18.9. The van der Waals surface area contributed by atoms with Crippen LogP contribution in [0, 0.1) is 0 Å². The van der Waals surface area contributed by atoms with Crippen LogP contribution in [-0.4, -0.2) is 31.8 Å². The molecule has 0 radical (unpaired) electrons. The van der Waals surface area contributed by atoms with Gasteiger partial charge in [-0.3, -0.25) is 4.72 Å². The number of fused-ring (bicyclic) bond motifs is 1. The van der Waals surface area contributed by atoms with E-state index in [1.165, 1.54) is 12.1 Å². The number of aryl methyl sites for hydroxylation is 1. The second kappa shape index (κ2) is 7.28. The number of aliphatic hydroxyl groups is 1. The highest BCUT2D eigenvalue weighted by Gasteiger charge is 2.28. The van der Waals surface area contributed by atoms with Gasteiger partial charge in [0.25, 0.3) is 10.0 Å². The fourth-order valence-electron chi connectivity index (χ4n) is 2.91. The molecular formula is C17H21BN2O5S. The summed E-state index contributed by atoms with van der Waals surface area (Å²) >= 11 is 0. The molecule has 3 rings (SSSR count). The van der Waals surface area contributed by atoms with Crippen molar-refractivity contribution < 1.29 is 23.2 Å². The molecular weight excluding hydrogens is 355 g/mol. The number of aliphatic hydroxyl groups excluding tert-OH is 1. The lowest BCUT2D eigenvalue weighted by atomic mass is 9.79. The highest BCUT2D eigenvalue weighted by molar-refractivity contribution is 7.92. The molecule has 0 amide bonds. The van der Waals surface area contributed by atoms with Gasteiger partial charge >= 0.3 is 7.12 Å². The standard InChI is InChI=1S/C17H21BN2O5S/c1-11(21)2-3-12-8-14(19)5-7-17(12)26(23,24)20-15-6-4-13-10-25-18(22)16(13)9-15/h4-9,11,20-22H,2-3,10,19H2,1H3. The van der Waals surface area contributed by atoms with Gasteiger partial charge in [0.15, 0.2) is 0 Å². The third kappa shape index (κ3) is 4.01. The first-order valence-corrected chi connectivity index (χ1v) is 9.76. The third-order valence-corrected chi connectivity index (χ3v) is 5.75. The van der Waals surface area contributed by atoms with Crippen molar-refractivity contribution in [1.29, 1.82) is 0 Å². The summed E-state index contributed by atoms with van der Waals surface area (Å²) in [4.78, 5) is 0.115. The van der Waals surface area contributed by atoms with Crippen molar-refractivity contribution in [2.24, 2.45) is 0 Å². The molecule has 9 heteroatoms. The molecule has 0 saturated heterocycles. The monoisotopic (exact) mass is 376 g/mol. The number of sulfonamides is 1. The van der Waals surface area contributed by atoms with Crippen LogP contribution in [-0.2, 0) is 27.7 Å². The Morgan fingerprint density at radius 2 is 2.08 bits per heavy atom. The smallest absolute Gasteiger partial charge is 0.423 e. The van der Waals surface area contributed by atoms with Crippen LogP contribution in [0.4, 0.5) is 11.4 Å². The van der Waals surface area contributed by atoms with E-state index >= 15 is 0 Å². The summed E-state index contributed by atoms with van der Waals surface area (Å²) in [7, 11) is -4.90. The van der Waals surface area contributed by atoms with Gasteiger partial charge in [0, 0.05) is 11.4 Å². The Morgan fingerprint density at radius 3 is 2.81 bits per heavy atom. The van der Waals surface area contributed by atoms with Crippen LogP contribution < -0.4 is 15.9 Å². The predicted octanol–water partition coefficient (Wildman–Crippen LogP) is 0.601. The number of rotatable bonds is 6. The average molecular weight is 376 g/mol. The molecule has 0 aliphatic carbocycles. The fraction of sp³-hybridized carbons (Fsp3) is 0.294. The number of hydrogen-bond acceptors (Lipinski definition) is 6. The Hall–Kier alpha value is -2.07. The topological polar surface area (TPSA) is 122 Å². The minimum Gasteiger partial charge on any atom is -0.423 e. The molecule has 5 N–H and O–H groups in total. The van der Waals surface area contributed by atoms with E-state index in [0.717, 1.165) is 5.56 Å². The van der Waals surface area contributed by atoms with E-state index in [4.69, 9.17) is 10.4 Å². The van der Waals surface area contributed by atoms with Crippen molar-refractivity contribution in [1.82, 2.24) is 0 Å². The second-order valence-corrected chi connectivity index (χ2v) is 8.09. The van der Waals surface area contributed by atoms with E-state index in [1.54, 1.807) is 31.2 Å². The molecule has 2 aromatic carbocycles. The normalized spacial score (nSPS) is 15.0. The van der Waals surface area contributed by atoms with Crippen LogP contribution in [0.3, 0.4) is 0 Å². The number of nitrogens with one attached hydrogen (secondary N) is 1. The lowest BCUT2D eigenvalue weighted by molar-refractivity contribution is 0.184. The van der Waals surface area contributed by atoms with Gasteiger partial charge in [-0.1, -0.05) is 6.07 Å². The van der Waals surface area contributed by atoms with Gasteiger partial charge in [0.1, 0.15) is 0 Å². The molecule has 1 aliphatic rings. The second-order valence-electron chi connectivity index (χ2n) is 6.44. The molecule has 1 aliphatic heterocycles. The summed E-state index contributed by atoms with van der Waals surface area (Å²) < 4.78 is 33.4. The minimum absolute atomic E-state index is 0.115. The maximum absolute atomic E-state index is 12.9. The van der Waals surface area contributed by atoms with E-state index in [-0.39, 0.29) is 4.90 Å². The molecule has 0 aromatic heterocycles. The van der Waals surface area contributed by atoms with E-state index in [2.05, 4.69) is 4.72 Å². The van der Waals surface area contributed by atoms with Gasteiger partial charge < -0.3 is 20.5 Å². The summed E-state index contributed by atoms with van der Waals surface area (Å²) in [6.45, 7) is 1.95. The average Bonchev–Trinajstić information content (AvgIpc) is 2.93. The molecule has 2 aromatic rings. The number of nitrogen functional groups attached to an aromatic ring is 1. The SMILES string of the molecule is CC(O)CCc1cc(N)ccc1S(=O)(=O)Nc1ccc2c(c1)B(O)OC2. The van der Waals surface area contributed by atoms with Gasteiger partial charge in [-0.05, 0) is 66.7 Å². The quantitative estimate of drug-likeness (QED) is 0.433. The van der Waals surface area contributed by atoms with Crippen LogP contribution in [0.5, 0.6) is 0 Å². The molecule has 7 nitrogen and oxygen atoms in total. The minimum atomic E-state index is -3.85. The lowest BCUT2D eigenvalue weighted by Crippen LogP contribution is -2.28. The molecule has 26 heavy (non-hydrogen) atoms. The first kappa shape index (κ1) is 18.7. The predicted molar refractivity (Wildman–Crippen MR) is 101 cm³/mol. The van der Waals surface area contributed by atoms with Gasteiger partial charge in [-0.15, -0.1) is 0 Å². The van der Waals surface area contributed by atoms with Crippen LogP contribution in [0.25, 0.3) is 0 Å². The van der Waals surface area contributed by atoms with Gasteiger partial charge in [-0.2, -0.15) is 0 Å². The highest BCUT2D eigenvalue weighted by Crippen LogP contribution is 2.24. The van der Waals surface area contributed by atoms with E-state index < -0.39 is 23.2 Å². The summed E-state index contributed by atoms with van der Waals surface area (Å²) in [5.41, 5.74) is 8.51. The first-order chi connectivity index (χ1) is 12.3. The van der Waals surface area contributed by atoms with Crippen LogP contribution >= 0.6 is 0 Å². The Kier molecular flexibility index (Phi) is 5.24. The number of benzene rings is 2. The molecule has 1 unspecified atom stereocenters. The first-order valence-electron chi connectivity index (χ1n) is 8.28. The summed E-state index contributed by atoms with van der Waals surface area (Å²) in [6, 6.07) is 9.51. The molecule has 1 atom stereocenters. The summed E-state index contributed by atoms with van der Waals surface area (Å²) in [5.74, 6) is 0. The van der Waals surface area contributed by atoms with Gasteiger partial charge in [0.2, 0.25) is 0 Å². The van der Waals surface area contributed by atoms with Crippen molar-refractivity contribution >= 4 is 34.0 Å². The van der Waals surface area contributed by atoms with E-state index in [1.807, 2.05) is 0 Å². The van der Waals surface area contributed by atoms with E-state index in [0.29, 0.717) is 41.8 Å². The van der Waals surface area contributed by atoms with Crippen molar-refractivity contribution in [2.45, 2.75) is 37.4 Å². The maximum atomic E-state index is 12.9. The zero-order valence-electron chi connectivity index (χ0n) is 14.3. The van der Waals surface area contributed by atoms with Crippen LogP contribution in [0.1, 0.15) is 24.5 Å². The van der Waals surface area contributed by atoms with E-state index in [9.17, 15) is 18.5 Å². The molecule has 1 heterocycles. The molecule has 0 bridgehead atoms. The van der Waals surface area contributed by atoms with Crippen molar-refractivity contribution in [3.63, 3.8) is 0 Å². The maximum Gasteiger partial charge on any atom is 0.491 e. The Balaban J connectivity index is 1.90. The van der Waals surface area contributed by atoms with Crippen molar-refractivity contribution in [2.75, 3.05) is 10.5 Å². The van der Waals surface area contributed by atoms with Crippen molar-refractivity contribution in [3.8, 4) is 0 Å². The number of anilines is 2.